The van der Waals surface area contributed by atoms with Gasteiger partial charge in [-0.1, -0.05) is 6.92 Å². The Morgan fingerprint density at radius 1 is 1.22 bits per heavy atom. The van der Waals surface area contributed by atoms with Crippen molar-refractivity contribution in [3.63, 3.8) is 0 Å². The molecule has 2 rings (SSSR count). The molecule has 0 aliphatic carbocycles. The molecule has 0 bridgehead atoms. The van der Waals surface area contributed by atoms with Crippen LogP contribution in [0.4, 0.5) is 4.79 Å². The first kappa shape index (κ1) is 13.1. The first-order chi connectivity index (χ1) is 8.49. The molecule has 2 saturated heterocycles. The molecular weight excluding hydrogens is 236 g/mol. The average molecular weight is 256 g/mol. The minimum absolute atomic E-state index is 0.127. The summed E-state index contributed by atoms with van der Waals surface area (Å²) in [6.45, 7) is 3.64. The largest absolute Gasteiger partial charge is 0.480 e. The van der Waals surface area contributed by atoms with Crippen LogP contribution >= 0.6 is 0 Å². The van der Waals surface area contributed by atoms with E-state index in [-0.39, 0.29) is 19.0 Å². The summed E-state index contributed by atoms with van der Waals surface area (Å²) in [5, 5.41) is 18.6. The van der Waals surface area contributed by atoms with E-state index in [1.165, 1.54) is 4.90 Å². The van der Waals surface area contributed by atoms with E-state index in [9.17, 15) is 14.7 Å². The van der Waals surface area contributed by atoms with Crippen molar-refractivity contribution < 1.29 is 19.8 Å². The van der Waals surface area contributed by atoms with Crippen LogP contribution in [0, 0.1) is 5.92 Å². The number of urea groups is 1. The second kappa shape index (κ2) is 5.14. The van der Waals surface area contributed by atoms with E-state index in [0.29, 0.717) is 19.0 Å². The van der Waals surface area contributed by atoms with Crippen molar-refractivity contribution in [2.24, 2.45) is 5.92 Å². The van der Waals surface area contributed by atoms with Crippen molar-refractivity contribution in [2.75, 3.05) is 19.6 Å². The smallest absolute Gasteiger partial charge is 0.326 e. The molecule has 6 nitrogen and oxygen atoms in total. The predicted octanol–water partition coefficient (Wildman–Crippen LogP) is 0.358. The Morgan fingerprint density at radius 2 is 1.83 bits per heavy atom. The molecule has 102 valence electrons. The number of nitrogens with zero attached hydrogens (tertiary/aromatic N) is 2. The van der Waals surface area contributed by atoms with Crippen molar-refractivity contribution in [2.45, 2.75) is 38.3 Å². The lowest BCUT2D eigenvalue weighted by Gasteiger charge is -2.34. The van der Waals surface area contributed by atoms with Crippen LogP contribution < -0.4 is 0 Å². The van der Waals surface area contributed by atoms with Gasteiger partial charge in [0.05, 0.1) is 6.10 Å². The maximum atomic E-state index is 12.2. The zero-order valence-electron chi connectivity index (χ0n) is 10.6. The number of aliphatic hydroxyl groups excluding tert-OH is 1. The predicted molar refractivity (Wildman–Crippen MR) is 64.1 cm³/mol. The summed E-state index contributed by atoms with van der Waals surface area (Å²) >= 11 is 0. The number of carbonyl (C=O) groups excluding carboxylic acids is 1. The summed E-state index contributed by atoms with van der Waals surface area (Å²) in [5.41, 5.74) is 0. The van der Waals surface area contributed by atoms with E-state index in [1.54, 1.807) is 4.90 Å². The Balaban J connectivity index is 2.01. The van der Waals surface area contributed by atoms with Crippen LogP contribution in [0.5, 0.6) is 0 Å². The molecule has 2 atom stereocenters. The van der Waals surface area contributed by atoms with Crippen molar-refractivity contribution in [3.8, 4) is 0 Å². The van der Waals surface area contributed by atoms with Gasteiger partial charge in [-0.05, 0) is 18.8 Å². The highest BCUT2D eigenvalue weighted by Gasteiger charge is 2.40. The molecule has 6 heteroatoms. The third-order valence-electron chi connectivity index (χ3n) is 3.86. The Kier molecular flexibility index (Phi) is 3.75. The number of carboxylic acid groups (broad SMARTS) is 1. The molecule has 0 spiro atoms. The van der Waals surface area contributed by atoms with Crippen LogP contribution in [0.3, 0.4) is 0 Å². The number of rotatable bonds is 1. The summed E-state index contributed by atoms with van der Waals surface area (Å²) in [6.07, 6.45) is 1.32. The minimum Gasteiger partial charge on any atom is -0.480 e. The second-order valence-electron chi connectivity index (χ2n) is 5.35. The number of piperidine rings is 1. The fourth-order valence-corrected chi connectivity index (χ4v) is 2.64. The molecule has 2 N–H and O–H groups in total. The fraction of sp³-hybridized carbons (Fsp3) is 0.833. The maximum absolute atomic E-state index is 12.2. The van der Waals surface area contributed by atoms with Gasteiger partial charge in [0.2, 0.25) is 0 Å². The van der Waals surface area contributed by atoms with E-state index in [4.69, 9.17) is 5.11 Å². The van der Waals surface area contributed by atoms with Crippen LogP contribution in [-0.4, -0.2) is 63.8 Å². The van der Waals surface area contributed by atoms with E-state index in [0.717, 1.165) is 12.8 Å². The Bertz CT molecular complexity index is 339. The van der Waals surface area contributed by atoms with E-state index < -0.39 is 18.1 Å². The number of aliphatic hydroxyl groups is 1. The van der Waals surface area contributed by atoms with Crippen LogP contribution in [0.1, 0.15) is 26.2 Å². The third kappa shape index (κ3) is 2.58. The van der Waals surface area contributed by atoms with Gasteiger partial charge in [-0.3, -0.25) is 0 Å². The first-order valence-electron chi connectivity index (χ1n) is 6.45. The van der Waals surface area contributed by atoms with Crippen molar-refractivity contribution in [1.29, 1.82) is 0 Å². The molecule has 2 amide bonds. The van der Waals surface area contributed by atoms with Crippen LogP contribution in [0.2, 0.25) is 0 Å². The summed E-state index contributed by atoms with van der Waals surface area (Å²) in [4.78, 5) is 26.3. The molecule has 2 heterocycles. The van der Waals surface area contributed by atoms with Crippen LogP contribution in [0.25, 0.3) is 0 Å². The number of hydrogen-bond acceptors (Lipinski definition) is 3. The van der Waals surface area contributed by atoms with Crippen molar-refractivity contribution in [3.05, 3.63) is 0 Å². The van der Waals surface area contributed by atoms with E-state index in [2.05, 4.69) is 6.92 Å². The summed E-state index contributed by atoms with van der Waals surface area (Å²) in [7, 11) is 0. The molecule has 18 heavy (non-hydrogen) atoms. The minimum atomic E-state index is -1.04. The van der Waals surface area contributed by atoms with E-state index in [1.807, 2.05) is 0 Å². The maximum Gasteiger partial charge on any atom is 0.326 e. The Hall–Kier alpha value is -1.30. The molecule has 0 aromatic carbocycles. The van der Waals surface area contributed by atoms with Gasteiger partial charge < -0.3 is 20.0 Å². The molecule has 2 aliphatic heterocycles. The van der Waals surface area contributed by atoms with Gasteiger partial charge >= 0.3 is 12.0 Å². The number of carbonyl (C=O) groups is 2. The number of hydrogen-bond donors (Lipinski definition) is 2. The highest BCUT2D eigenvalue weighted by molar-refractivity contribution is 5.83. The highest BCUT2D eigenvalue weighted by Crippen LogP contribution is 2.23. The fourth-order valence-electron chi connectivity index (χ4n) is 2.64. The van der Waals surface area contributed by atoms with Gasteiger partial charge in [-0.15, -0.1) is 0 Å². The van der Waals surface area contributed by atoms with Gasteiger partial charge in [0, 0.05) is 26.1 Å². The quantitative estimate of drug-likeness (QED) is 0.709. The lowest BCUT2D eigenvalue weighted by molar-refractivity contribution is -0.141. The molecule has 0 radical (unpaired) electrons. The zero-order valence-corrected chi connectivity index (χ0v) is 10.6. The number of carboxylic acids is 1. The Labute approximate surface area is 106 Å². The standard InChI is InChI=1S/C12H20N2O4/c1-8-2-4-13(5-3-8)12(18)14-7-9(15)6-10(14)11(16)17/h8-10,15H,2-7H2,1H3,(H,16,17)/t9-,10+/m1/s1. The summed E-state index contributed by atoms with van der Waals surface area (Å²) < 4.78 is 0. The molecule has 2 aliphatic rings. The Morgan fingerprint density at radius 3 is 2.39 bits per heavy atom. The lowest BCUT2D eigenvalue weighted by Crippen LogP contribution is -2.50. The number of aliphatic carboxylic acids is 1. The van der Waals surface area contributed by atoms with Gasteiger partial charge in [0.1, 0.15) is 6.04 Å². The summed E-state index contributed by atoms with van der Waals surface area (Å²) in [5.74, 6) is -0.418. The molecular formula is C12H20N2O4. The van der Waals surface area contributed by atoms with Crippen LogP contribution in [0.15, 0.2) is 0 Å². The van der Waals surface area contributed by atoms with Gasteiger partial charge in [0.15, 0.2) is 0 Å². The number of β-amino-alcohol motifs (C(OH)–C–C–N with tert-alkyl or cyclic N) is 1. The average Bonchev–Trinajstić information content (AvgIpc) is 2.71. The molecule has 0 aromatic rings. The monoisotopic (exact) mass is 256 g/mol. The summed E-state index contributed by atoms with van der Waals surface area (Å²) in [6, 6.07) is -1.13. The lowest BCUT2D eigenvalue weighted by atomic mass is 9.99. The number of likely N-dealkylation sites (tertiary alicyclic amines) is 2. The third-order valence-corrected chi connectivity index (χ3v) is 3.86. The van der Waals surface area contributed by atoms with Gasteiger partial charge in [0.25, 0.3) is 0 Å². The topological polar surface area (TPSA) is 81.1 Å². The SMILES string of the molecule is CC1CCN(C(=O)N2C[C@H](O)C[C@H]2C(=O)O)CC1. The zero-order chi connectivity index (χ0) is 13.3. The molecule has 0 aromatic heterocycles. The second-order valence-corrected chi connectivity index (χ2v) is 5.35. The molecule has 2 fully saturated rings. The normalized spacial score (nSPS) is 29.7. The number of amides is 2. The highest BCUT2D eigenvalue weighted by atomic mass is 16.4. The van der Waals surface area contributed by atoms with Crippen molar-refractivity contribution >= 4 is 12.0 Å². The van der Waals surface area contributed by atoms with Gasteiger partial charge in [-0.2, -0.15) is 0 Å². The van der Waals surface area contributed by atoms with Gasteiger partial charge in [-0.25, -0.2) is 9.59 Å². The molecule has 0 unspecified atom stereocenters. The van der Waals surface area contributed by atoms with E-state index >= 15 is 0 Å². The first-order valence-corrected chi connectivity index (χ1v) is 6.45. The van der Waals surface area contributed by atoms with Crippen molar-refractivity contribution in [1.82, 2.24) is 9.80 Å². The molecule has 0 saturated carbocycles. The van der Waals surface area contributed by atoms with Crippen LogP contribution in [-0.2, 0) is 4.79 Å².